The lowest BCUT2D eigenvalue weighted by Gasteiger charge is -2.12. The second-order valence-corrected chi connectivity index (χ2v) is 4.94. The summed E-state index contributed by atoms with van der Waals surface area (Å²) in [5.74, 6) is 5.98. The molecule has 1 aliphatic carbocycles. The summed E-state index contributed by atoms with van der Waals surface area (Å²) in [5.41, 5.74) is 4.22. The lowest BCUT2D eigenvalue weighted by atomic mass is 10.2. The molecule has 0 spiro atoms. The van der Waals surface area contributed by atoms with Crippen molar-refractivity contribution >= 4 is 23.2 Å². The average Bonchev–Trinajstić information content (AvgIpc) is 2.92. The minimum Gasteiger partial charge on any atom is -0.326 e. The minimum absolute atomic E-state index is 0.0854. The number of nitrogens with one attached hydrogen (secondary N) is 3. The van der Waals surface area contributed by atoms with Gasteiger partial charge in [0.1, 0.15) is 0 Å². The Morgan fingerprint density at radius 3 is 2.20 bits per heavy atom. The second-order valence-electron chi connectivity index (χ2n) is 4.94. The third-order valence-electron chi connectivity index (χ3n) is 3.24. The lowest BCUT2D eigenvalue weighted by molar-refractivity contribution is -0.114. The van der Waals surface area contributed by atoms with Crippen LogP contribution < -0.4 is 21.9 Å². The van der Waals surface area contributed by atoms with E-state index in [0.717, 1.165) is 24.2 Å². The molecule has 108 valence electrons. The van der Waals surface area contributed by atoms with Gasteiger partial charge in [0, 0.05) is 18.3 Å². The van der Waals surface area contributed by atoms with Crippen LogP contribution in [0.15, 0.2) is 29.3 Å². The van der Waals surface area contributed by atoms with Gasteiger partial charge in [-0.2, -0.15) is 0 Å². The Kier molecular flexibility index (Phi) is 4.95. The van der Waals surface area contributed by atoms with Crippen molar-refractivity contribution in [3.63, 3.8) is 0 Å². The topological polar surface area (TPSA) is 91.5 Å². The van der Waals surface area contributed by atoms with Crippen LogP contribution in [0, 0.1) is 0 Å². The molecule has 2 rings (SSSR count). The highest BCUT2D eigenvalue weighted by atomic mass is 16.1. The van der Waals surface area contributed by atoms with Gasteiger partial charge in [0.15, 0.2) is 0 Å². The maximum absolute atomic E-state index is 10.9. The van der Waals surface area contributed by atoms with Gasteiger partial charge in [0.05, 0.1) is 6.04 Å². The molecule has 1 saturated carbocycles. The summed E-state index contributed by atoms with van der Waals surface area (Å²) in [7, 11) is 0. The van der Waals surface area contributed by atoms with Gasteiger partial charge in [-0.3, -0.25) is 10.2 Å². The predicted octanol–water partition coefficient (Wildman–Crippen LogP) is 1.82. The zero-order chi connectivity index (χ0) is 14.4. The number of carbonyl (C=O) groups is 1. The number of nitrogens with two attached hydrogens (primary N) is 1. The molecule has 1 aromatic carbocycles. The number of rotatable bonds is 3. The van der Waals surface area contributed by atoms with Crippen molar-refractivity contribution in [2.45, 2.75) is 38.6 Å². The molecule has 1 fully saturated rings. The number of benzene rings is 1. The fourth-order valence-corrected chi connectivity index (χ4v) is 2.30. The monoisotopic (exact) mass is 275 g/mol. The third-order valence-corrected chi connectivity index (χ3v) is 3.24. The van der Waals surface area contributed by atoms with E-state index in [9.17, 15) is 4.79 Å². The number of guanidine groups is 1. The van der Waals surface area contributed by atoms with Crippen LogP contribution in [-0.4, -0.2) is 17.9 Å². The smallest absolute Gasteiger partial charge is 0.221 e. The average molecular weight is 275 g/mol. The SMILES string of the molecule is CC(=O)Nc1ccc(NC(=NC2CCCC2)NN)cc1. The number of hydrogen-bond acceptors (Lipinski definition) is 3. The molecule has 0 radical (unpaired) electrons. The van der Waals surface area contributed by atoms with E-state index in [1.54, 1.807) is 0 Å². The number of amides is 1. The van der Waals surface area contributed by atoms with E-state index in [1.807, 2.05) is 24.3 Å². The first-order chi connectivity index (χ1) is 9.67. The summed E-state index contributed by atoms with van der Waals surface area (Å²) >= 11 is 0. The standard InChI is InChI=1S/C14H21N5O/c1-10(20)16-12-6-8-13(9-7-12)18-14(19-15)17-11-4-2-3-5-11/h6-9,11H,2-5,15H2,1H3,(H,16,20)(H2,17,18,19). The zero-order valence-corrected chi connectivity index (χ0v) is 11.6. The van der Waals surface area contributed by atoms with Crippen molar-refractivity contribution < 1.29 is 4.79 Å². The lowest BCUT2D eigenvalue weighted by Crippen LogP contribution is -2.37. The van der Waals surface area contributed by atoms with Gasteiger partial charge >= 0.3 is 0 Å². The molecular weight excluding hydrogens is 254 g/mol. The molecule has 20 heavy (non-hydrogen) atoms. The molecule has 1 aliphatic rings. The first-order valence-electron chi connectivity index (χ1n) is 6.86. The molecule has 6 heteroatoms. The van der Waals surface area contributed by atoms with Crippen LogP contribution in [0.5, 0.6) is 0 Å². The quantitative estimate of drug-likeness (QED) is 0.293. The largest absolute Gasteiger partial charge is 0.326 e. The van der Waals surface area contributed by atoms with Crippen LogP contribution in [-0.2, 0) is 4.79 Å². The van der Waals surface area contributed by atoms with E-state index in [-0.39, 0.29) is 5.91 Å². The first-order valence-corrected chi connectivity index (χ1v) is 6.86. The number of hydrazine groups is 1. The highest BCUT2D eigenvalue weighted by molar-refractivity contribution is 5.94. The summed E-state index contributed by atoms with van der Waals surface area (Å²) in [5, 5.41) is 5.86. The molecule has 0 saturated heterocycles. The van der Waals surface area contributed by atoms with Crippen LogP contribution in [0.4, 0.5) is 11.4 Å². The Morgan fingerprint density at radius 2 is 1.70 bits per heavy atom. The van der Waals surface area contributed by atoms with Crippen LogP contribution in [0.25, 0.3) is 0 Å². The van der Waals surface area contributed by atoms with E-state index in [1.165, 1.54) is 19.8 Å². The maximum Gasteiger partial charge on any atom is 0.221 e. The van der Waals surface area contributed by atoms with Crippen molar-refractivity contribution in [1.29, 1.82) is 0 Å². The van der Waals surface area contributed by atoms with E-state index in [2.05, 4.69) is 21.1 Å². The second kappa shape index (κ2) is 6.91. The molecule has 0 unspecified atom stereocenters. The minimum atomic E-state index is -0.0854. The number of carbonyl (C=O) groups excluding carboxylic acids is 1. The maximum atomic E-state index is 10.9. The summed E-state index contributed by atoms with van der Waals surface area (Å²) in [6.07, 6.45) is 4.71. The molecule has 0 aliphatic heterocycles. The van der Waals surface area contributed by atoms with Gasteiger partial charge in [0.2, 0.25) is 11.9 Å². The van der Waals surface area contributed by atoms with Gasteiger partial charge in [-0.15, -0.1) is 0 Å². The van der Waals surface area contributed by atoms with Crippen molar-refractivity contribution in [3.05, 3.63) is 24.3 Å². The normalized spacial score (nSPS) is 16.0. The highest BCUT2D eigenvalue weighted by Gasteiger charge is 2.14. The fraction of sp³-hybridized carbons (Fsp3) is 0.429. The molecule has 0 aromatic heterocycles. The Labute approximate surface area is 118 Å². The third kappa shape index (κ3) is 4.24. The molecule has 0 bridgehead atoms. The van der Waals surface area contributed by atoms with Crippen LogP contribution in [0.1, 0.15) is 32.6 Å². The highest BCUT2D eigenvalue weighted by Crippen LogP contribution is 2.21. The van der Waals surface area contributed by atoms with Crippen LogP contribution in [0.3, 0.4) is 0 Å². The van der Waals surface area contributed by atoms with Crippen LogP contribution in [0.2, 0.25) is 0 Å². The molecule has 0 atom stereocenters. The Hall–Kier alpha value is -2.08. The summed E-state index contributed by atoms with van der Waals surface area (Å²) in [6.45, 7) is 1.48. The Morgan fingerprint density at radius 1 is 1.15 bits per heavy atom. The molecule has 1 amide bonds. The van der Waals surface area contributed by atoms with E-state index < -0.39 is 0 Å². The van der Waals surface area contributed by atoms with Crippen molar-refractivity contribution in [2.24, 2.45) is 10.8 Å². The first kappa shape index (κ1) is 14.3. The van der Waals surface area contributed by atoms with E-state index in [4.69, 9.17) is 5.84 Å². The molecule has 6 nitrogen and oxygen atoms in total. The molecular formula is C14H21N5O. The van der Waals surface area contributed by atoms with Gasteiger partial charge in [-0.1, -0.05) is 12.8 Å². The molecule has 0 heterocycles. The van der Waals surface area contributed by atoms with Crippen molar-refractivity contribution in [3.8, 4) is 0 Å². The van der Waals surface area contributed by atoms with Gasteiger partial charge in [0.25, 0.3) is 0 Å². The molecule has 1 aromatic rings. The summed E-state index contributed by atoms with van der Waals surface area (Å²) in [6, 6.07) is 7.74. The van der Waals surface area contributed by atoms with Gasteiger partial charge < -0.3 is 10.6 Å². The zero-order valence-electron chi connectivity index (χ0n) is 11.6. The number of aliphatic imine (C=N–C) groups is 1. The summed E-state index contributed by atoms with van der Waals surface area (Å²) in [4.78, 5) is 15.5. The van der Waals surface area contributed by atoms with Gasteiger partial charge in [-0.05, 0) is 37.1 Å². The number of anilines is 2. The number of nitrogens with zero attached hydrogens (tertiary/aromatic N) is 1. The van der Waals surface area contributed by atoms with E-state index in [0.29, 0.717) is 12.0 Å². The predicted molar refractivity (Wildman–Crippen MR) is 81.4 cm³/mol. The molecule has 5 N–H and O–H groups in total. The summed E-state index contributed by atoms with van der Waals surface area (Å²) < 4.78 is 0. The van der Waals surface area contributed by atoms with Crippen molar-refractivity contribution in [2.75, 3.05) is 10.6 Å². The van der Waals surface area contributed by atoms with Gasteiger partial charge in [-0.25, -0.2) is 10.8 Å². The fourth-order valence-electron chi connectivity index (χ4n) is 2.30. The Balaban J connectivity index is 1.98. The van der Waals surface area contributed by atoms with E-state index >= 15 is 0 Å². The van der Waals surface area contributed by atoms with Crippen molar-refractivity contribution in [1.82, 2.24) is 5.43 Å². The Bertz CT molecular complexity index is 477. The number of hydrogen-bond donors (Lipinski definition) is 4. The van der Waals surface area contributed by atoms with Crippen LogP contribution >= 0.6 is 0 Å².